The molecule has 1 aromatic carbocycles. The molecule has 31 heavy (non-hydrogen) atoms. The number of nitrogens with one attached hydrogen (secondary N) is 1. The van der Waals surface area contributed by atoms with Gasteiger partial charge in [0.05, 0.1) is 5.69 Å². The first-order valence-corrected chi connectivity index (χ1v) is 11.0. The minimum atomic E-state index is 0.0610. The van der Waals surface area contributed by atoms with Gasteiger partial charge in [0, 0.05) is 29.9 Å². The van der Waals surface area contributed by atoms with E-state index in [1.54, 1.807) is 16.8 Å². The van der Waals surface area contributed by atoms with Gasteiger partial charge in [0.2, 0.25) is 0 Å². The van der Waals surface area contributed by atoms with Crippen molar-refractivity contribution in [3.05, 3.63) is 75.8 Å². The Morgan fingerprint density at radius 2 is 1.97 bits per heavy atom. The van der Waals surface area contributed by atoms with E-state index in [2.05, 4.69) is 47.6 Å². The van der Waals surface area contributed by atoms with Gasteiger partial charge in [0.1, 0.15) is 11.8 Å². The van der Waals surface area contributed by atoms with Crippen LogP contribution >= 0.6 is 0 Å². The first-order valence-electron chi connectivity index (χ1n) is 11.0. The number of nitriles is 1. The maximum Gasteiger partial charge on any atom is 0.253 e. The molecular weight excluding hydrogens is 384 g/mol. The van der Waals surface area contributed by atoms with Gasteiger partial charge in [-0.3, -0.25) is 4.79 Å². The van der Waals surface area contributed by atoms with E-state index in [0.717, 1.165) is 60.3 Å². The molecule has 1 atom stereocenters. The Labute approximate surface area is 183 Å². The molecule has 0 radical (unpaired) electrons. The summed E-state index contributed by atoms with van der Waals surface area (Å²) in [7, 11) is 1.85. The molecule has 0 bridgehead atoms. The van der Waals surface area contributed by atoms with Crippen LogP contribution < -0.4 is 10.9 Å². The Hall–Kier alpha value is -3.23. The molecule has 1 aliphatic heterocycles. The zero-order valence-corrected chi connectivity index (χ0v) is 18.2. The molecule has 0 spiro atoms. The summed E-state index contributed by atoms with van der Waals surface area (Å²) < 4.78 is 1.77. The van der Waals surface area contributed by atoms with Crippen molar-refractivity contribution in [2.45, 2.75) is 32.6 Å². The van der Waals surface area contributed by atoms with Crippen molar-refractivity contribution in [1.29, 1.82) is 5.26 Å². The fourth-order valence-electron chi connectivity index (χ4n) is 4.39. The standard InChI is InChI=1S/C26H28N4O/c1-3-18-4-7-20(8-5-18)25-24(22-10-11-23(15-27)29-17-22)14-21(26(31)30(25)2)9-6-19-12-13-28-16-19/h4-5,7-8,10-11,14,17,19,28H,3,6,9,12-13,16H2,1-2H3/t19-/m0/s1. The Morgan fingerprint density at radius 1 is 1.19 bits per heavy atom. The molecule has 0 amide bonds. The molecule has 5 heteroatoms. The molecule has 0 saturated carbocycles. The van der Waals surface area contributed by atoms with Crippen molar-refractivity contribution in [2.24, 2.45) is 13.0 Å². The predicted octanol–water partition coefficient (Wildman–Crippen LogP) is 4.09. The van der Waals surface area contributed by atoms with E-state index in [-0.39, 0.29) is 5.56 Å². The summed E-state index contributed by atoms with van der Waals surface area (Å²) >= 11 is 0. The highest BCUT2D eigenvalue weighted by Gasteiger charge is 2.19. The summed E-state index contributed by atoms with van der Waals surface area (Å²) in [5.74, 6) is 0.631. The van der Waals surface area contributed by atoms with Gasteiger partial charge in [-0.1, -0.05) is 31.2 Å². The smallest absolute Gasteiger partial charge is 0.253 e. The van der Waals surface area contributed by atoms with Crippen molar-refractivity contribution in [1.82, 2.24) is 14.9 Å². The zero-order valence-electron chi connectivity index (χ0n) is 18.2. The molecule has 1 fully saturated rings. The maximum atomic E-state index is 13.3. The van der Waals surface area contributed by atoms with Crippen LogP contribution in [0.3, 0.4) is 0 Å². The lowest BCUT2D eigenvalue weighted by Crippen LogP contribution is -2.24. The highest BCUT2D eigenvalue weighted by molar-refractivity contribution is 5.81. The normalized spacial score (nSPS) is 15.7. The summed E-state index contributed by atoms with van der Waals surface area (Å²) in [6, 6.07) is 16.1. The Balaban J connectivity index is 1.82. The summed E-state index contributed by atoms with van der Waals surface area (Å²) in [5, 5.41) is 12.5. The van der Waals surface area contributed by atoms with Crippen LogP contribution in [0, 0.1) is 17.2 Å². The quantitative estimate of drug-likeness (QED) is 0.662. The number of benzene rings is 1. The summed E-state index contributed by atoms with van der Waals surface area (Å²) in [5.41, 5.74) is 6.31. The first-order chi connectivity index (χ1) is 15.1. The second-order valence-corrected chi connectivity index (χ2v) is 8.29. The number of aryl methyl sites for hydroxylation is 2. The van der Waals surface area contributed by atoms with Crippen LogP contribution in [-0.2, 0) is 19.9 Å². The topological polar surface area (TPSA) is 70.7 Å². The highest BCUT2D eigenvalue weighted by Crippen LogP contribution is 2.32. The Morgan fingerprint density at radius 3 is 2.58 bits per heavy atom. The zero-order chi connectivity index (χ0) is 21.8. The van der Waals surface area contributed by atoms with Crippen LogP contribution in [0.1, 0.15) is 36.6 Å². The molecule has 3 aromatic rings. The molecule has 3 heterocycles. The van der Waals surface area contributed by atoms with Crippen molar-refractivity contribution in [2.75, 3.05) is 13.1 Å². The summed E-state index contributed by atoms with van der Waals surface area (Å²) in [6.45, 7) is 4.24. The van der Waals surface area contributed by atoms with Gasteiger partial charge >= 0.3 is 0 Å². The van der Waals surface area contributed by atoms with E-state index in [1.807, 2.05) is 19.2 Å². The number of nitrogens with zero attached hydrogens (tertiary/aromatic N) is 3. The third kappa shape index (κ3) is 4.45. The van der Waals surface area contributed by atoms with Crippen molar-refractivity contribution < 1.29 is 0 Å². The predicted molar refractivity (Wildman–Crippen MR) is 124 cm³/mol. The molecule has 0 unspecified atom stereocenters. The highest BCUT2D eigenvalue weighted by atomic mass is 16.1. The molecule has 158 valence electrons. The molecule has 0 aliphatic carbocycles. The molecule has 1 saturated heterocycles. The van der Waals surface area contributed by atoms with E-state index in [9.17, 15) is 4.79 Å². The lowest BCUT2D eigenvalue weighted by Gasteiger charge is -2.18. The van der Waals surface area contributed by atoms with Crippen molar-refractivity contribution >= 4 is 0 Å². The van der Waals surface area contributed by atoms with E-state index in [0.29, 0.717) is 11.6 Å². The second-order valence-electron chi connectivity index (χ2n) is 8.29. The largest absolute Gasteiger partial charge is 0.316 e. The molecule has 5 nitrogen and oxygen atoms in total. The minimum absolute atomic E-state index is 0.0610. The lowest BCUT2D eigenvalue weighted by atomic mass is 9.94. The third-order valence-corrected chi connectivity index (χ3v) is 6.30. The molecule has 2 aromatic heterocycles. The van der Waals surface area contributed by atoms with Crippen molar-refractivity contribution in [3.63, 3.8) is 0 Å². The van der Waals surface area contributed by atoms with Gasteiger partial charge < -0.3 is 9.88 Å². The van der Waals surface area contributed by atoms with E-state index >= 15 is 0 Å². The lowest BCUT2D eigenvalue weighted by molar-refractivity contribution is 0.530. The van der Waals surface area contributed by atoms with E-state index in [4.69, 9.17) is 5.26 Å². The fourth-order valence-corrected chi connectivity index (χ4v) is 4.39. The SMILES string of the molecule is CCc1ccc(-c2c(-c3ccc(C#N)nc3)cc(CC[C@H]3CCNC3)c(=O)n2C)cc1. The monoisotopic (exact) mass is 412 g/mol. The fraction of sp³-hybridized carbons (Fsp3) is 0.346. The average Bonchev–Trinajstić information content (AvgIpc) is 3.34. The van der Waals surface area contributed by atoms with Crippen LogP contribution in [0.25, 0.3) is 22.4 Å². The molecule has 4 rings (SSSR count). The van der Waals surface area contributed by atoms with E-state index < -0.39 is 0 Å². The van der Waals surface area contributed by atoms with Crippen molar-refractivity contribution in [3.8, 4) is 28.5 Å². The summed E-state index contributed by atoms with van der Waals surface area (Å²) in [4.78, 5) is 17.5. The van der Waals surface area contributed by atoms with E-state index in [1.165, 1.54) is 12.0 Å². The molecule has 1 aliphatic rings. The Kier molecular flexibility index (Phi) is 6.29. The third-order valence-electron chi connectivity index (χ3n) is 6.30. The number of rotatable bonds is 6. The summed E-state index contributed by atoms with van der Waals surface area (Å²) in [6.07, 6.45) is 5.66. The van der Waals surface area contributed by atoms with Gasteiger partial charge in [0.25, 0.3) is 5.56 Å². The average molecular weight is 413 g/mol. The maximum absolute atomic E-state index is 13.3. The van der Waals surface area contributed by atoms with Gasteiger partial charge in [-0.15, -0.1) is 0 Å². The molecule has 1 N–H and O–H groups in total. The number of pyridine rings is 2. The first kappa shape index (κ1) is 21.0. The Bertz CT molecular complexity index is 1150. The molecular formula is C26H28N4O. The van der Waals surface area contributed by atoms with Gasteiger partial charge in [-0.05, 0) is 74.0 Å². The van der Waals surface area contributed by atoms with Gasteiger partial charge in [0.15, 0.2) is 0 Å². The van der Waals surface area contributed by atoms with Crippen LogP contribution in [0.15, 0.2) is 53.5 Å². The van der Waals surface area contributed by atoms with Crippen LogP contribution in [0.5, 0.6) is 0 Å². The number of hydrogen-bond donors (Lipinski definition) is 1. The van der Waals surface area contributed by atoms with Crippen LogP contribution in [0.4, 0.5) is 0 Å². The van der Waals surface area contributed by atoms with Crippen LogP contribution in [-0.4, -0.2) is 22.6 Å². The number of aromatic nitrogens is 2. The van der Waals surface area contributed by atoms with Crippen LogP contribution in [0.2, 0.25) is 0 Å². The van der Waals surface area contributed by atoms with Gasteiger partial charge in [-0.2, -0.15) is 5.26 Å². The number of hydrogen-bond acceptors (Lipinski definition) is 4. The second kappa shape index (κ2) is 9.28. The minimum Gasteiger partial charge on any atom is -0.316 e. The van der Waals surface area contributed by atoms with Gasteiger partial charge in [-0.25, -0.2) is 4.98 Å².